The molecule has 2 fully saturated rings. The molecule has 0 aliphatic carbocycles. The maximum Gasteiger partial charge on any atom is 0.573 e. The number of hydrogen-bond acceptors (Lipinski definition) is 14. The third-order valence-corrected chi connectivity index (χ3v) is 15.9. The van der Waals surface area contributed by atoms with Crippen molar-refractivity contribution in [2.45, 2.75) is 71.5 Å². The average molecular weight is 1040 g/mol. The number of esters is 2. The fourth-order valence-corrected chi connectivity index (χ4v) is 11.2. The van der Waals surface area contributed by atoms with Gasteiger partial charge in [-0.05, 0) is 137 Å². The first-order valence-electron chi connectivity index (χ1n) is 21.4. The minimum absolute atomic E-state index is 0.0421. The average Bonchev–Trinajstić information content (AvgIpc) is 3.31. The van der Waals surface area contributed by atoms with E-state index in [2.05, 4.69) is 21.3 Å². The van der Waals surface area contributed by atoms with E-state index in [4.69, 9.17) is 32.2 Å². The predicted octanol–water partition coefficient (Wildman–Crippen LogP) is 8.10. The lowest BCUT2D eigenvalue weighted by Gasteiger charge is -2.38. The van der Waals surface area contributed by atoms with Gasteiger partial charge in [-0.15, -0.1) is 39.2 Å². The van der Waals surface area contributed by atoms with Gasteiger partial charge >= 0.3 is 24.7 Å². The lowest BCUT2D eigenvalue weighted by atomic mass is 9.95. The van der Waals surface area contributed by atoms with Gasteiger partial charge in [0.15, 0.2) is 29.2 Å². The molecule has 0 radical (unpaired) electrons. The van der Waals surface area contributed by atoms with Gasteiger partial charge in [-0.2, -0.15) is 0 Å². The standard InChI is InChI=1S/C24H24F3NO6S.C17H20FNO4S.C7H5F3O2/c1-3-15-28-16-13-23(14-17-28,22(29)32-4-2)35(30,31)21-11-9-19(10-12-21)33-18-5-7-20(8-6-18)34-24(25,26)27;1-3-11-19-12-9-17(10-13-19,16(20)23-4-2)24(21,22)15-7-5-14(18)6-8-15;8-7(9,10)12-6-3-1-5(11)2-4-6/h1,5-12H,4,13-17H2,2H3;1,5-8H,4,9-13H2,2H3;1-4,11H. The van der Waals surface area contributed by atoms with Crippen molar-refractivity contribution in [1.29, 1.82) is 0 Å². The number of aromatic hydroxyl groups is 1. The minimum atomic E-state index is -4.80. The first-order valence-corrected chi connectivity index (χ1v) is 24.4. The number of alkyl halides is 6. The summed E-state index contributed by atoms with van der Waals surface area (Å²) in [7, 11) is -8.15. The Labute approximate surface area is 406 Å². The summed E-state index contributed by atoms with van der Waals surface area (Å²) in [5, 5.41) is 8.72. The number of sulfone groups is 2. The number of phenols is 1. The van der Waals surface area contributed by atoms with Gasteiger partial charge in [-0.1, -0.05) is 11.8 Å². The van der Waals surface area contributed by atoms with Crippen LogP contribution in [0, 0.1) is 30.5 Å². The third-order valence-electron chi connectivity index (χ3n) is 10.9. The molecule has 2 saturated heterocycles. The summed E-state index contributed by atoms with van der Waals surface area (Å²) in [6.45, 7) is 5.55. The van der Waals surface area contributed by atoms with E-state index in [0.29, 0.717) is 39.3 Å². The maximum atomic E-state index is 13.6. The minimum Gasteiger partial charge on any atom is -0.508 e. The summed E-state index contributed by atoms with van der Waals surface area (Å²) < 4.78 is 158. The maximum absolute atomic E-state index is 13.6. The number of phenolic OH excluding ortho intramolecular Hbond substituents is 1. The van der Waals surface area contributed by atoms with E-state index in [1.165, 1.54) is 48.5 Å². The Hall–Kier alpha value is -6.53. The van der Waals surface area contributed by atoms with Crippen molar-refractivity contribution in [3.8, 4) is 53.4 Å². The number of ether oxygens (including phenoxy) is 5. The molecule has 0 atom stereocenters. The largest absolute Gasteiger partial charge is 0.573 e. The molecule has 0 aromatic heterocycles. The molecule has 2 aliphatic rings. The Bertz CT molecular complexity index is 2690. The number of halogens is 7. The zero-order valence-electron chi connectivity index (χ0n) is 38.2. The van der Waals surface area contributed by atoms with Crippen molar-refractivity contribution in [2.24, 2.45) is 0 Å². The number of carbonyl (C=O) groups excluding carboxylic acids is 2. The van der Waals surface area contributed by atoms with Gasteiger partial charge < -0.3 is 28.8 Å². The van der Waals surface area contributed by atoms with E-state index in [9.17, 15) is 57.2 Å². The molecule has 4 aromatic carbocycles. The normalized spacial score (nSPS) is 15.9. The molecule has 1 N–H and O–H groups in total. The first kappa shape index (κ1) is 57.1. The molecule has 0 spiro atoms. The van der Waals surface area contributed by atoms with E-state index in [1.807, 2.05) is 9.80 Å². The number of likely N-dealkylation sites (tertiary alicyclic amines) is 2. The molecule has 2 heterocycles. The molecule has 4 aromatic rings. The van der Waals surface area contributed by atoms with E-state index in [1.54, 1.807) is 13.8 Å². The number of rotatable bonds is 14. The second-order valence-corrected chi connectivity index (χ2v) is 20.0. The summed E-state index contributed by atoms with van der Waals surface area (Å²) >= 11 is 0. The highest BCUT2D eigenvalue weighted by Crippen LogP contribution is 2.39. The Kier molecular flexibility index (Phi) is 19.7. The van der Waals surface area contributed by atoms with Crippen LogP contribution in [-0.4, -0.2) is 118 Å². The van der Waals surface area contributed by atoms with Gasteiger partial charge in [0.1, 0.15) is 34.6 Å². The van der Waals surface area contributed by atoms with Crippen molar-refractivity contribution < 1.29 is 85.9 Å². The fraction of sp³-hybridized carbons (Fsp3) is 0.375. The molecule has 71 heavy (non-hydrogen) atoms. The molecule has 384 valence electrons. The number of carbonyl (C=O) groups is 2. The van der Waals surface area contributed by atoms with Gasteiger partial charge in [-0.25, -0.2) is 21.2 Å². The highest BCUT2D eigenvalue weighted by molar-refractivity contribution is 7.94. The van der Waals surface area contributed by atoms with Gasteiger partial charge in [0, 0.05) is 26.2 Å². The van der Waals surface area contributed by atoms with Crippen molar-refractivity contribution in [3.05, 3.63) is 103 Å². The molecule has 23 heteroatoms. The fourth-order valence-electron chi connectivity index (χ4n) is 7.34. The van der Waals surface area contributed by atoms with Gasteiger partial charge in [-0.3, -0.25) is 19.4 Å². The summed E-state index contributed by atoms with van der Waals surface area (Å²) in [6.07, 6.45) is 1.41. The van der Waals surface area contributed by atoms with Gasteiger partial charge in [0.2, 0.25) is 0 Å². The Morgan fingerprint density at radius 2 is 0.887 bits per heavy atom. The highest BCUT2D eigenvalue weighted by atomic mass is 32.2. The van der Waals surface area contributed by atoms with E-state index in [-0.39, 0.29) is 71.7 Å². The van der Waals surface area contributed by atoms with Crippen molar-refractivity contribution in [2.75, 3.05) is 52.5 Å². The van der Waals surface area contributed by atoms with Crippen LogP contribution in [0.2, 0.25) is 0 Å². The van der Waals surface area contributed by atoms with E-state index in [0.717, 1.165) is 48.5 Å². The predicted molar refractivity (Wildman–Crippen MR) is 243 cm³/mol. The van der Waals surface area contributed by atoms with Crippen LogP contribution in [0.3, 0.4) is 0 Å². The van der Waals surface area contributed by atoms with Crippen molar-refractivity contribution in [3.63, 3.8) is 0 Å². The van der Waals surface area contributed by atoms with Gasteiger partial charge in [0.05, 0.1) is 36.1 Å². The van der Waals surface area contributed by atoms with Crippen molar-refractivity contribution >= 4 is 31.6 Å². The molecule has 14 nitrogen and oxygen atoms in total. The number of nitrogens with zero attached hydrogens (tertiary/aromatic N) is 2. The molecule has 2 aliphatic heterocycles. The van der Waals surface area contributed by atoms with Crippen molar-refractivity contribution in [1.82, 2.24) is 9.80 Å². The SMILES string of the molecule is C#CCN1CCC(C(=O)OCC)(S(=O)(=O)c2ccc(F)cc2)CC1.C#CCN1CCC(C(=O)OCC)(S(=O)(=O)c2ccc(Oc3ccc(OC(F)(F)F)cc3)cc2)CC1.Oc1ccc(OC(F)(F)F)cc1. The summed E-state index contributed by atoms with van der Waals surface area (Å²) in [4.78, 5) is 29.1. The second kappa shape index (κ2) is 24.5. The number of piperidine rings is 2. The summed E-state index contributed by atoms with van der Waals surface area (Å²) in [6, 6.07) is 19.0. The third kappa shape index (κ3) is 15.2. The van der Waals surface area contributed by atoms with Crippen LogP contribution in [0.15, 0.2) is 107 Å². The first-order chi connectivity index (χ1) is 33.3. The highest BCUT2D eigenvalue weighted by Gasteiger charge is 2.55. The lowest BCUT2D eigenvalue weighted by Crippen LogP contribution is -2.55. The molecule has 0 amide bonds. The van der Waals surface area contributed by atoms with Crippen LogP contribution < -0.4 is 14.2 Å². The Balaban J connectivity index is 0.000000261. The van der Waals surface area contributed by atoms with Crippen LogP contribution in [0.4, 0.5) is 30.7 Å². The van der Waals surface area contributed by atoms with Crippen LogP contribution in [0.5, 0.6) is 28.7 Å². The Morgan fingerprint density at radius 1 is 0.577 bits per heavy atom. The topological polar surface area (TPSA) is 175 Å². The molecule has 6 rings (SSSR count). The lowest BCUT2D eigenvalue weighted by molar-refractivity contribution is -0.275. The zero-order chi connectivity index (χ0) is 52.7. The number of terminal acetylenes is 2. The molecular weight excluding hydrogens is 994 g/mol. The molecule has 0 unspecified atom stereocenters. The number of hydrogen-bond donors (Lipinski definition) is 1. The second-order valence-electron chi connectivity index (χ2n) is 15.5. The number of benzene rings is 4. The van der Waals surface area contributed by atoms with Crippen LogP contribution >= 0.6 is 0 Å². The summed E-state index contributed by atoms with van der Waals surface area (Å²) in [5.74, 6) is 2.57. The monoisotopic (exact) mass is 1040 g/mol. The quantitative estimate of drug-likeness (QED) is 0.0555. The van der Waals surface area contributed by atoms with Crippen LogP contribution in [0.25, 0.3) is 0 Å². The smallest absolute Gasteiger partial charge is 0.508 e. The summed E-state index contributed by atoms with van der Waals surface area (Å²) in [5.41, 5.74) is 0. The van der Waals surface area contributed by atoms with E-state index < -0.39 is 65.4 Å². The van der Waals surface area contributed by atoms with Crippen LogP contribution in [0.1, 0.15) is 39.5 Å². The van der Waals surface area contributed by atoms with Crippen LogP contribution in [-0.2, 0) is 38.7 Å². The molecule has 0 bridgehead atoms. The molecular formula is C48H49F7N2O12S2. The molecule has 0 saturated carbocycles. The Morgan fingerprint density at radius 3 is 1.21 bits per heavy atom. The van der Waals surface area contributed by atoms with E-state index >= 15 is 0 Å². The zero-order valence-corrected chi connectivity index (χ0v) is 39.8. The van der Waals surface area contributed by atoms with Gasteiger partial charge in [0.25, 0.3) is 0 Å².